The molecule has 1 heterocycles. The van der Waals surface area contributed by atoms with Crippen LogP contribution in [0.3, 0.4) is 0 Å². The summed E-state index contributed by atoms with van der Waals surface area (Å²) in [4.78, 5) is 12.3. The molecule has 0 unspecified atom stereocenters. The summed E-state index contributed by atoms with van der Waals surface area (Å²) in [5.41, 5.74) is 1.23. The number of carbonyl (C=O) groups is 1. The molecular formula is C15H12ClNO3S. The number of amides is 1. The fourth-order valence-corrected chi connectivity index (χ4v) is 4.15. The third-order valence-electron chi connectivity index (χ3n) is 3.38. The van der Waals surface area contributed by atoms with Gasteiger partial charge >= 0.3 is 0 Å². The molecule has 1 amide bonds. The van der Waals surface area contributed by atoms with Crippen LogP contribution in [0.2, 0.25) is 5.02 Å². The Morgan fingerprint density at radius 2 is 1.81 bits per heavy atom. The molecule has 0 fully saturated rings. The lowest BCUT2D eigenvalue weighted by Crippen LogP contribution is -2.41. The Labute approximate surface area is 128 Å². The lowest BCUT2D eigenvalue weighted by Gasteiger charge is -2.28. The van der Waals surface area contributed by atoms with Gasteiger partial charge in [0, 0.05) is 5.02 Å². The van der Waals surface area contributed by atoms with Crippen molar-refractivity contribution in [3.8, 4) is 0 Å². The lowest BCUT2D eigenvalue weighted by atomic mass is 10.1. The van der Waals surface area contributed by atoms with Gasteiger partial charge in [-0.15, -0.1) is 0 Å². The minimum absolute atomic E-state index is 0.0436. The van der Waals surface area contributed by atoms with Crippen LogP contribution in [-0.4, -0.2) is 18.6 Å². The van der Waals surface area contributed by atoms with Crippen LogP contribution in [0, 0.1) is 0 Å². The van der Waals surface area contributed by atoms with Crippen molar-refractivity contribution < 1.29 is 13.2 Å². The highest BCUT2D eigenvalue weighted by atomic mass is 35.5. The third-order valence-corrected chi connectivity index (χ3v) is 5.48. The van der Waals surface area contributed by atoms with E-state index in [1.807, 2.05) is 18.2 Å². The summed E-state index contributed by atoms with van der Waals surface area (Å²) in [7, 11) is -3.82. The molecule has 0 bridgehead atoms. The van der Waals surface area contributed by atoms with E-state index < -0.39 is 15.9 Å². The van der Waals surface area contributed by atoms with E-state index >= 15 is 0 Å². The molecule has 0 spiro atoms. The zero-order valence-electron chi connectivity index (χ0n) is 11.0. The molecule has 0 saturated carbocycles. The standard InChI is InChI=1S/C15H12ClNO3S/c16-13-6-7-14-12(8-13)9-15(18)17(21(14,19)20)10-11-4-2-1-3-5-11/h1-8H,9-10H2. The molecule has 0 radical (unpaired) electrons. The molecule has 4 nitrogen and oxygen atoms in total. The van der Waals surface area contributed by atoms with Crippen molar-refractivity contribution in [2.45, 2.75) is 17.9 Å². The number of carbonyl (C=O) groups excluding carboxylic acids is 1. The summed E-state index contributed by atoms with van der Waals surface area (Å²) in [6.07, 6.45) is 0.0436. The van der Waals surface area contributed by atoms with Crippen LogP contribution in [0.15, 0.2) is 53.4 Å². The SMILES string of the molecule is O=C1Cc2cc(Cl)ccc2S(=O)(=O)N1Cc1ccccc1. The van der Waals surface area contributed by atoms with E-state index in [1.54, 1.807) is 12.1 Å². The van der Waals surface area contributed by atoms with Crippen molar-refractivity contribution in [3.63, 3.8) is 0 Å². The third kappa shape index (κ3) is 2.54. The van der Waals surface area contributed by atoms with Crippen molar-refractivity contribution in [2.24, 2.45) is 0 Å². The number of benzene rings is 2. The molecule has 3 rings (SSSR count). The number of hydrogen-bond acceptors (Lipinski definition) is 3. The number of nitrogens with zero attached hydrogens (tertiary/aromatic N) is 1. The summed E-state index contributed by atoms with van der Waals surface area (Å²) >= 11 is 5.86. The van der Waals surface area contributed by atoms with Gasteiger partial charge < -0.3 is 0 Å². The van der Waals surface area contributed by atoms with Crippen molar-refractivity contribution in [2.75, 3.05) is 0 Å². The van der Waals surface area contributed by atoms with Crippen molar-refractivity contribution in [1.29, 1.82) is 0 Å². The van der Waals surface area contributed by atoms with Gasteiger partial charge in [-0.3, -0.25) is 4.79 Å². The van der Waals surface area contributed by atoms with Crippen molar-refractivity contribution in [3.05, 3.63) is 64.7 Å². The quantitative estimate of drug-likeness (QED) is 0.854. The lowest BCUT2D eigenvalue weighted by molar-refractivity contribution is -0.126. The van der Waals surface area contributed by atoms with Gasteiger partial charge in [0.1, 0.15) is 0 Å². The molecule has 0 atom stereocenters. The summed E-state index contributed by atoms with van der Waals surface area (Å²) < 4.78 is 26.1. The van der Waals surface area contributed by atoms with Gasteiger partial charge in [-0.1, -0.05) is 41.9 Å². The van der Waals surface area contributed by atoms with E-state index in [0.717, 1.165) is 9.87 Å². The Hall–Kier alpha value is -1.85. The Morgan fingerprint density at radius 3 is 2.52 bits per heavy atom. The van der Waals surface area contributed by atoms with Crippen LogP contribution in [0.1, 0.15) is 11.1 Å². The first kappa shape index (κ1) is 14.1. The number of rotatable bonds is 2. The first-order valence-electron chi connectivity index (χ1n) is 6.36. The maximum Gasteiger partial charge on any atom is 0.267 e. The van der Waals surface area contributed by atoms with E-state index in [-0.39, 0.29) is 17.9 Å². The Balaban J connectivity index is 2.04. The van der Waals surface area contributed by atoms with E-state index in [1.165, 1.54) is 18.2 Å². The molecule has 2 aromatic rings. The molecule has 0 aliphatic carbocycles. The van der Waals surface area contributed by atoms with Gasteiger partial charge in [0.2, 0.25) is 5.91 Å². The van der Waals surface area contributed by atoms with Crippen LogP contribution in [0.5, 0.6) is 0 Å². The predicted octanol–water partition coefficient (Wildman–Crippen LogP) is 2.61. The second kappa shape index (κ2) is 5.16. The summed E-state index contributed by atoms with van der Waals surface area (Å²) in [6, 6.07) is 13.6. The molecule has 6 heteroatoms. The van der Waals surface area contributed by atoms with E-state index in [4.69, 9.17) is 11.6 Å². The highest BCUT2D eigenvalue weighted by Gasteiger charge is 2.36. The van der Waals surface area contributed by atoms with Gasteiger partial charge in [0.25, 0.3) is 10.0 Å². The molecule has 0 saturated heterocycles. The maximum atomic E-state index is 12.6. The molecule has 21 heavy (non-hydrogen) atoms. The number of sulfonamides is 1. The molecule has 108 valence electrons. The molecular weight excluding hydrogens is 310 g/mol. The Bertz CT molecular complexity index is 803. The van der Waals surface area contributed by atoms with Crippen molar-refractivity contribution in [1.82, 2.24) is 4.31 Å². The van der Waals surface area contributed by atoms with Gasteiger partial charge in [0.15, 0.2) is 0 Å². The normalized spacial score (nSPS) is 16.6. The highest BCUT2D eigenvalue weighted by molar-refractivity contribution is 7.89. The molecule has 0 N–H and O–H groups in total. The first-order valence-corrected chi connectivity index (χ1v) is 8.18. The van der Waals surface area contributed by atoms with Crippen molar-refractivity contribution >= 4 is 27.5 Å². The van der Waals surface area contributed by atoms with Crippen LogP contribution in [0.4, 0.5) is 0 Å². The minimum Gasteiger partial charge on any atom is -0.273 e. The molecule has 0 aromatic heterocycles. The van der Waals surface area contributed by atoms with Crippen LogP contribution >= 0.6 is 11.6 Å². The monoisotopic (exact) mass is 321 g/mol. The zero-order valence-corrected chi connectivity index (χ0v) is 12.6. The van der Waals surface area contributed by atoms with Crippen LogP contribution < -0.4 is 0 Å². The number of hydrogen-bond donors (Lipinski definition) is 0. The van der Waals surface area contributed by atoms with Crippen LogP contribution in [-0.2, 0) is 27.8 Å². The highest BCUT2D eigenvalue weighted by Crippen LogP contribution is 2.30. The van der Waals surface area contributed by atoms with Gasteiger partial charge in [0.05, 0.1) is 17.9 Å². The van der Waals surface area contributed by atoms with E-state index in [2.05, 4.69) is 0 Å². The summed E-state index contributed by atoms with van der Waals surface area (Å²) in [6.45, 7) is 0.0457. The van der Waals surface area contributed by atoms with Gasteiger partial charge in [-0.25, -0.2) is 12.7 Å². The largest absolute Gasteiger partial charge is 0.273 e. The minimum atomic E-state index is -3.82. The average molecular weight is 322 g/mol. The first-order chi connectivity index (χ1) is 9.98. The second-order valence-electron chi connectivity index (χ2n) is 4.82. The predicted molar refractivity (Wildman–Crippen MR) is 79.3 cm³/mol. The van der Waals surface area contributed by atoms with Crippen LogP contribution in [0.25, 0.3) is 0 Å². The number of halogens is 1. The molecule has 2 aromatic carbocycles. The van der Waals surface area contributed by atoms with E-state index in [0.29, 0.717) is 10.6 Å². The van der Waals surface area contributed by atoms with E-state index in [9.17, 15) is 13.2 Å². The van der Waals surface area contributed by atoms with Gasteiger partial charge in [-0.05, 0) is 29.3 Å². The molecule has 1 aliphatic rings. The Morgan fingerprint density at radius 1 is 1.10 bits per heavy atom. The second-order valence-corrected chi connectivity index (χ2v) is 7.09. The summed E-state index contributed by atoms with van der Waals surface area (Å²) in [5, 5.41) is 0.424. The number of fused-ring (bicyclic) bond motifs is 1. The topological polar surface area (TPSA) is 54.5 Å². The molecule has 1 aliphatic heterocycles. The maximum absolute atomic E-state index is 12.6. The average Bonchev–Trinajstić information content (AvgIpc) is 2.44. The smallest absolute Gasteiger partial charge is 0.267 e. The summed E-state index contributed by atoms with van der Waals surface area (Å²) in [5.74, 6) is -0.436. The van der Waals surface area contributed by atoms with Gasteiger partial charge in [-0.2, -0.15) is 0 Å². The Kier molecular flexibility index (Phi) is 3.47. The fraction of sp³-hybridized carbons (Fsp3) is 0.133. The fourth-order valence-electron chi connectivity index (χ4n) is 2.36. The zero-order chi connectivity index (χ0) is 15.0.